The van der Waals surface area contributed by atoms with Crippen molar-refractivity contribution < 1.29 is 9.59 Å². The number of carbonyl (C=O) groups is 2. The third kappa shape index (κ3) is 7.04. The third-order valence-corrected chi connectivity index (χ3v) is 5.35. The average molecular weight is 399 g/mol. The van der Waals surface area contributed by atoms with Crippen molar-refractivity contribution >= 4 is 23.6 Å². The van der Waals surface area contributed by atoms with Gasteiger partial charge in [-0.25, -0.2) is 0 Å². The monoisotopic (exact) mass is 398 g/mol. The van der Waals surface area contributed by atoms with Gasteiger partial charge in [-0.1, -0.05) is 55.5 Å². The Hall–Kier alpha value is -2.27. The first-order chi connectivity index (χ1) is 13.5. The highest BCUT2D eigenvalue weighted by molar-refractivity contribution is 7.99. The lowest BCUT2D eigenvalue weighted by molar-refractivity contribution is -0.141. The van der Waals surface area contributed by atoms with Gasteiger partial charge in [0.15, 0.2) is 0 Å². The zero-order valence-electron chi connectivity index (χ0n) is 16.9. The van der Waals surface area contributed by atoms with E-state index >= 15 is 0 Å². The number of nitrogens with zero attached hydrogens (tertiary/aromatic N) is 1. The zero-order valence-corrected chi connectivity index (χ0v) is 17.7. The third-order valence-electron chi connectivity index (χ3n) is 4.34. The molecule has 0 spiro atoms. The van der Waals surface area contributed by atoms with E-state index in [1.807, 2.05) is 81.4 Å². The van der Waals surface area contributed by atoms with Crippen LogP contribution in [0.1, 0.15) is 39.2 Å². The minimum absolute atomic E-state index is 0.0121. The molecule has 28 heavy (non-hydrogen) atoms. The second-order valence-electron chi connectivity index (χ2n) is 7.01. The average Bonchev–Trinajstić information content (AvgIpc) is 2.69. The van der Waals surface area contributed by atoms with Crippen molar-refractivity contribution in [3.8, 4) is 0 Å². The van der Waals surface area contributed by atoms with E-state index in [9.17, 15) is 9.59 Å². The van der Waals surface area contributed by atoms with Gasteiger partial charge in [0.1, 0.15) is 6.04 Å². The molecule has 150 valence electrons. The number of hydrogen-bond acceptors (Lipinski definition) is 3. The summed E-state index contributed by atoms with van der Waals surface area (Å²) in [5.74, 6) is 0.617. The Morgan fingerprint density at radius 3 is 2.18 bits per heavy atom. The van der Waals surface area contributed by atoms with Gasteiger partial charge < -0.3 is 10.2 Å². The van der Waals surface area contributed by atoms with Crippen LogP contribution in [0.2, 0.25) is 0 Å². The topological polar surface area (TPSA) is 49.4 Å². The zero-order chi connectivity index (χ0) is 20.4. The fourth-order valence-corrected chi connectivity index (χ4v) is 3.86. The van der Waals surface area contributed by atoms with E-state index in [1.54, 1.807) is 16.7 Å². The van der Waals surface area contributed by atoms with E-state index in [1.165, 1.54) is 0 Å². The minimum Gasteiger partial charge on any atom is -0.352 e. The molecule has 4 nitrogen and oxygen atoms in total. The summed E-state index contributed by atoms with van der Waals surface area (Å²) in [5, 5.41) is 2.96. The lowest BCUT2D eigenvalue weighted by Crippen LogP contribution is -2.50. The summed E-state index contributed by atoms with van der Waals surface area (Å²) in [6.45, 7) is 6.27. The van der Waals surface area contributed by atoms with E-state index in [4.69, 9.17) is 0 Å². The Bertz CT molecular complexity index is 735. The van der Waals surface area contributed by atoms with Gasteiger partial charge in [0.05, 0.1) is 0 Å². The van der Waals surface area contributed by atoms with Gasteiger partial charge in [-0.2, -0.15) is 0 Å². The molecule has 0 saturated carbocycles. The van der Waals surface area contributed by atoms with Crippen molar-refractivity contribution in [1.29, 1.82) is 0 Å². The van der Waals surface area contributed by atoms with Gasteiger partial charge in [0.25, 0.3) is 0 Å². The number of thioether (sulfide) groups is 1. The normalized spacial score (nSPS) is 11.9. The molecule has 0 fully saturated rings. The summed E-state index contributed by atoms with van der Waals surface area (Å²) >= 11 is 1.66. The maximum Gasteiger partial charge on any atom is 0.243 e. The van der Waals surface area contributed by atoms with Crippen LogP contribution in [0.15, 0.2) is 65.6 Å². The number of hydrogen-bond donors (Lipinski definition) is 1. The SMILES string of the molecule is CC[C@@H](C(=O)NC(C)C)N(Cc1ccccc1)C(=O)CCSc1ccccc1. The van der Waals surface area contributed by atoms with Crippen LogP contribution in [-0.2, 0) is 16.1 Å². The quantitative estimate of drug-likeness (QED) is 0.600. The Labute approximate surface area is 172 Å². The van der Waals surface area contributed by atoms with E-state index in [2.05, 4.69) is 5.32 Å². The Kier molecular flexibility index (Phi) is 9.08. The van der Waals surface area contributed by atoms with Crippen LogP contribution in [0.4, 0.5) is 0 Å². The number of carbonyl (C=O) groups excluding carboxylic acids is 2. The molecule has 1 atom stereocenters. The molecular formula is C23H30N2O2S. The van der Waals surface area contributed by atoms with Crippen molar-refractivity contribution in [1.82, 2.24) is 10.2 Å². The maximum absolute atomic E-state index is 13.1. The number of rotatable bonds is 10. The summed E-state index contributed by atoms with van der Waals surface area (Å²) < 4.78 is 0. The molecule has 0 radical (unpaired) electrons. The molecule has 0 aromatic heterocycles. The molecule has 0 heterocycles. The predicted molar refractivity (Wildman–Crippen MR) is 116 cm³/mol. The first-order valence-electron chi connectivity index (χ1n) is 9.82. The minimum atomic E-state index is -0.461. The van der Waals surface area contributed by atoms with E-state index in [0.717, 1.165) is 10.5 Å². The van der Waals surface area contributed by atoms with Crippen LogP contribution in [0.5, 0.6) is 0 Å². The molecule has 0 aliphatic rings. The smallest absolute Gasteiger partial charge is 0.243 e. The lowest BCUT2D eigenvalue weighted by atomic mass is 10.1. The van der Waals surface area contributed by atoms with Crippen molar-refractivity contribution in [3.63, 3.8) is 0 Å². The highest BCUT2D eigenvalue weighted by Gasteiger charge is 2.28. The molecule has 0 bridgehead atoms. The van der Waals surface area contributed by atoms with Crippen molar-refractivity contribution in [3.05, 3.63) is 66.2 Å². The van der Waals surface area contributed by atoms with E-state index in [0.29, 0.717) is 25.1 Å². The molecule has 1 N–H and O–H groups in total. The molecule has 0 saturated heterocycles. The molecule has 2 aromatic carbocycles. The van der Waals surface area contributed by atoms with Crippen LogP contribution < -0.4 is 5.32 Å². The summed E-state index contributed by atoms with van der Waals surface area (Å²) in [4.78, 5) is 28.6. The van der Waals surface area contributed by atoms with Gasteiger partial charge in [-0.15, -0.1) is 11.8 Å². The number of amides is 2. The van der Waals surface area contributed by atoms with Crippen LogP contribution >= 0.6 is 11.8 Å². The van der Waals surface area contributed by atoms with Gasteiger partial charge in [-0.3, -0.25) is 9.59 Å². The summed E-state index contributed by atoms with van der Waals surface area (Å²) in [7, 11) is 0. The van der Waals surface area contributed by atoms with Crippen LogP contribution in [-0.4, -0.2) is 34.6 Å². The van der Waals surface area contributed by atoms with Gasteiger partial charge >= 0.3 is 0 Å². The Morgan fingerprint density at radius 2 is 1.61 bits per heavy atom. The second-order valence-corrected chi connectivity index (χ2v) is 8.17. The molecule has 2 amide bonds. The standard InChI is InChI=1S/C23H30N2O2S/c1-4-21(23(27)24-18(2)3)25(17-19-11-7-5-8-12-19)22(26)15-16-28-20-13-9-6-10-14-20/h5-14,18,21H,4,15-17H2,1-3H3,(H,24,27)/t21-/m0/s1. The fraction of sp³-hybridized carbons (Fsp3) is 0.391. The number of benzene rings is 2. The molecule has 2 aromatic rings. The summed E-state index contributed by atoms with van der Waals surface area (Å²) in [6.07, 6.45) is 0.987. The first kappa shape index (κ1) is 22.0. The molecular weight excluding hydrogens is 368 g/mol. The van der Waals surface area contributed by atoms with Crippen molar-refractivity contribution in [2.75, 3.05) is 5.75 Å². The first-order valence-corrected chi connectivity index (χ1v) is 10.8. The van der Waals surface area contributed by atoms with Gasteiger partial charge in [-0.05, 0) is 38.0 Å². The molecule has 0 unspecified atom stereocenters. The summed E-state index contributed by atoms with van der Waals surface area (Å²) in [6, 6.07) is 19.5. The van der Waals surface area contributed by atoms with E-state index < -0.39 is 6.04 Å². The van der Waals surface area contributed by atoms with Gasteiger partial charge in [0.2, 0.25) is 11.8 Å². The molecule has 0 aliphatic carbocycles. The molecule has 2 rings (SSSR count). The fourth-order valence-electron chi connectivity index (χ4n) is 3.00. The second kappa shape index (κ2) is 11.5. The maximum atomic E-state index is 13.1. The van der Waals surface area contributed by atoms with Crippen LogP contribution in [0, 0.1) is 0 Å². The predicted octanol–water partition coefficient (Wildman–Crippen LogP) is 4.50. The highest BCUT2D eigenvalue weighted by atomic mass is 32.2. The van der Waals surface area contributed by atoms with Crippen molar-refractivity contribution in [2.24, 2.45) is 0 Å². The van der Waals surface area contributed by atoms with Crippen LogP contribution in [0.3, 0.4) is 0 Å². The molecule has 5 heteroatoms. The van der Waals surface area contributed by atoms with Crippen molar-refractivity contribution in [2.45, 2.75) is 57.1 Å². The number of nitrogens with one attached hydrogen (secondary N) is 1. The Morgan fingerprint density at radius 1 is 1.00 bits per heavy atom. The lowest BCUT2D eigenvalue weighted by Gasteiger charge is -2.31. The van der Waals surface area contributed by atoms with E-state index in [-0.39, 0.29) is 17.9 Å². The Balaban J connectivity index is 2.09. The highest BCUT2D eigenvalue weighted by Crippen LogP contribution is 2.20. The molecule has 0 aliphatic heterocycles. The summed E-state index contributed by atoms with van der Waals surface area (Å²) in [5.41, 5.74) is 1.03. The van der Waals surface area contributed by atoms with Gasteiger partial charge in [0, 0.05) is 29.7 Å². The largest absolute Gasteiger partial charge is 0.352 e. The van der Waals surface area contributed by atoms with Crippen LogP contribution in [0.25, 0.3) is 0 Å².